The highest BCUT2D eigenvalue weighted by Gasteiger charge is 2.16. The molecule has 1 aromatic carbocycles. The zero-order valence-electron chi connectivity index (χ0n) is 11.6. The van der Waals surface area contributed by atoms with Crippen molar-refractivity contribution in [3.63, 3.8) is 0 Å². The van der Waals surface area contributed by atoms with Crippen LogP contribution in [0.2, 0.25) is 0 Å². The molecule has 0 aliphatic rings. The van der Waals surface area contributed by atoms with E-state index in [1.54, 1.807) is 6.92 Å². The van der Waals surface area contributed by atoms with E-state index in [1.807, 2.05) is 36.6 Å². The molecule has 0 spiro atoms. The molecule has 2 unspecified atom stereocenters. The molecule has 0 radical (unpaired) electrons. The molecule has 5 heteroatoms. The zero-order valence-corrected chi connectivity index (χ0v) is 11.6. The molecule has 104 valence electrons. The van der Waals surface area contributed by atoms with Crippen molar-refractivity contribution in [1.29, 1.82) is 0 Å². The van der Waals surface area contributed by atoms with Crippen molar-refractivity contribution in [3.8, 4) is 0 Å². The van der Waals surface area contributed by atoms with E-state index in [0.717, 1.165) is 11.0 Å². The first-order valence-corrected chi connectivity index (χ1v) is 6.58. The van der Waals surface area contributed by atoms with E-state index in [9.17, 15) is 5.11 Å². The van der Waals surface area contributed by atoms with Crippen molar-refractivity contribution in [2.24, 2.45) is 0 Å². The second-order valence-electron chi connectivity index (χ2n) is 4.77. The van der Waals surface area contributed by atoms with Gasteiger partial charge in [-0.15, -0.1) is 0 Å². The van der Waals surface area contributed by atoms with E-state index >= 15 is 0 Å². The lowest BCUT2D eigenvalue weighted by molar-refractivity contribution is 0.0623. The number of aromatic nitrogens is 2. The summed E-state index contributed by atoms with van der Waals surface area (Å²) in [5.41, 5.74) is 8.22. The number of nitrogen functional groups attached to an aromatic ring is 1. The standard InChI is InChI=1S/C14H21N3O2/c1-4-19-9(2)8-17-13-6-5-11(15)7-12(13)16-14(17)10(3)18/h5-7,9-10,18H,4,8,15H2,1-3H3. The molecule has 2 aromatic rings. The second-order valence-corrected chi connectivity index (χ2v) is 4.77. The van der Waals surface area contributed by atoms with Crippen molar-refractivity contribution in [3.05, 3.63) is 24.0 Å². The van der Waals surface area contributed by atoms with Crippen LogP contribution in [0, 0.1) is 0 Å². The summed E-state index contributed by atoms with van der Waals surface area (Å²) in [5, 5.41) is 9.86. The van der Waals surface area contributed by atoms with Crippen LogP contribution < -0.4 is 5.73 Å². The third kappa shape index (κ3) is 2.88. The van der Waals surface area contributed by atoms with Gasteiger partial charge in [0.15, 0.2) is 0 Å². The number of fused-ring (bicyclic) bond motifs is 1. The Labute approximate surface area is 113 Å². The Morgan fingerprint density at radius 3 is 2.79 bits per heavy atom. The maximum Gasteiger partial charge on any atom is 0.138 e. The SMILES string of the molecule is CCOC(C)Cn1c(C(C)O)nc2cc(N)ccc21. The van der Waals surface area contributed by atoms with E-state index in [1.165, 1.54) is 0 Å². The van der Waals surface area contributed by atoms with Gasteiger partial charge in [-0.25, -0.2) is 4.98 Å². The molecule has 0 aliphatic carbocycles. The second kappa shape index (κ2) is 5.59. The Morgan fingerprint density at radius 2 is 2.16 bits per heavy atom. The number of benzene rings is 1. The lowest BCUT2D eigenvalue weighted by Crippen LogP contribution is -2.19. The molecule has 1 aromatic heterocycles. The van der Waals surface area contributed by atoms with Gasteiger partial charge in [0, 0.05) is 12.3 Å². The Bertz CT molecular complexity index is 563. The Morgan fingerprint density at radius 1 is 1.42 bits per heavy atom. The van der Waals surface area contributed by atoms with Crippen LogP contribution in [0.3, 0.4) is 0 Å². The number of ether oxygens (including phenoxy) is 1. The van der Waals surface area contributed by atoms with Gasteiger partial charge in [-0.1, -0.05) is 0 Å². The Kier molecular flexibility index (Phi) is 4.07. The van der Waals surface area contributed by atoms with Crippen LogP contribution in [0.1, 0.15) is 32.7 Å². The summed E-state index contributed by atoms with van der Waals surface area (Å²) >= 11 is 0. The van der Waals surface area contributed by atoms with Gasteiger partial charge in [-0.3, -0.25) is 0 Å². The normalized spacial score (nSPS) is 14.7. The first-order chi connectivity index (χ1) is 9.02. The summed E-state index contributed by atoms with van der Waals surface area (Å²) in [6.45, 7) is 7.03. The van der Waals surface area contributed by atoms with E-state index in [0.29, 0.717) is 24.7 Å². The predicted octanol–water partition coefficient (Wildman–Crippen LogP) is 2.10. The molecule has 0 bridgehead atoms. The van der Waals surface area contributed by atoms with E-state index in [4.69, 9.17) is 10.5 Å². The molecule has 0 saturated heterocycles. The van der Waals surface area contributed by atoms with Gasteiger partial charge in [0.1, 0.15) is 11.9 Å². The van der Waals surface area contributed by atoms with Crippen LogP contribution in [0.25, 0.3) is 11.0 Å². The first-order valence-electron chi connectivity index (χ1n) is 6.58. The largest absolute Gasteiger partial charge is 0.399 e. The highest BCUT2D eigenvalue weighted by Crippen LogP contribution is 2.23. The lowest BCUT2D eigenvalue weighted by atomic mass is 10.2. The molecular formula is C14H21N3O2. The van der Waals surface area contributed by atoms with Crippen LogP contribution in [-0.2, 0) is 11.3 Å². The van der Waals surface area contributed by atoms with Crippen LogP contribution in [0.4, 0.5) is 5.69 Å². The van der Waals surface area contributed by atoms with Crippen LogP contribution >= 0.6 is 0 Å². The quantitative estimate of drug-likeness (QED) is 0.810. The number of hydrogen-bond acceptors (Lipinski definition) is 4. The lowest BCUT2D eigenvalue weighted by Gasteiger charge is -2.16. The number of nitrogens with zero attached hydrogens (tertiary/aromatic N) is 2. The summed E-state index contributed by atoms with van der Waals surface area (Å²) in [4.78, 5) is 4.46. The Balaban J connectivity index is 2.46. The van der Waals surface area contributed by atoms with Crippen molar-refractivity contribution < 1.29 is 9.84 Å². The topological polar surface area (TPSA) is 73.3 Å². The highest BCUT2D eigenvalue weighted by molar-refractivity contribution is 5.79. The van der Waals surface area contributed by atoms with Crippen molar-refractivity contribution >= 4 is 16.7 Å². The number of imidazole rings is 1. The molecule has 2 atom stereocenters. The summed E-state index contributed by atoms with van der Waals surface area (Å²) in [6, 6.07) is 5.60. The minimum atomic E-state index is -0.623. The van der Waals surface area contributed by atoms with Crippen LogP contribution in [0.15, 0.2) is 18.2 Å². The first kappa shape index (κ1) is 13.8. The molecule has 2 rings (SSSR count). The van der Waals surface area contributed by atoms with Gasteiger partial charge in [-0.05, 0) is 39.0 Å². The fourth-order valence-corrected chi connectivity index (χ4v) is 2.27. The predicted molar refractivity (Wildman–Crippen MR) is 75.9 cm³/mol. The fraction of sp³-hybridized carbons (Fsp3) is 0.500. The van der Waals surface area contributed by atoms with E-state index < -0.39 is 6.10 Å². The summed E-state index contributed by atoms with van der Waals surface area (Å²) in [7, 11) is 0. The number of anilines is 1. The molecule has 5 nitrogen and oxygen atoms in total. The summed E-state index contributed by atoms with van der Waals surface area (Å²) < 4.78 is 7.57. The van der Waals surface area contributed by atoms with E-state index in [2.05, 4.69) is 4.98 Å². The molecule has 0 aliphatic heterocycles. The van der Waals surface area contributed by atoms with Crippen molar-refractivity contribution in [2.75, 3.05) is 12.3 Å². The molecule has 1 heterocycles. The number of rotatable bonds is 5. The molecular weight excluding hydrogens is 242 g/mol. The zero-order chi connectivity index (χ0) is 14.0. The van der Waals surface area contributed by atoms with Gasteiger partial charge in [0.2, 0.25) is 0 Å². The number of aliphatic hydroxyl groups excluding tert-OH is 1. The fourth-order valence-electron chi connectivity index (χ4n) is 2.27. The van der Waals surface area contributed by atoms with Crippen molar-refractivity contribution in [2.45, 2.75) is 39.5 Å². The van der Waals surface area contributed by atoms with Gasteiger partial charge in [0.25, 0.3) is 0 Å². The van der Waals surface area contributed by atoms with Gasteiger partial charge in [-0.2, -0.15) is 0 Å². The molecule has 3 N–H and O–H groups in total. The van der Waals surface area contributed by atoms with Gasteiger partial charge < -0.3 is 20.1 Å². The van der Waals surface area contributed by atoms with E-state index in [-0.39, 0.29) is 6.10 Å². The number of hydrogen-bond donors (Lipinski definition) is 2. The maximum atomic E-state index is 9.86. The molecule has 0 fully saturated rings. The minimum absolute atomic E-state index is 0.0671. The third-order valence-corrected chi connectivity index (χ3v) is 3.07. The van der Waals surface area contributed by atoms with Gasteiger partial charge >= 0.3 is 0 Å². The average molecular weight is 263 g/mol. The molecule has 0 saturated carbocycles. The number of nitrogens with two attached hydrogens (primary N) is 1. The summed E-state index contributed by atoms with van der Waals surface area (Å²) in [6.07, 6.45) is -0.556. The maximum absolute atomic E-state index is 9.86. The smallest absolute Gasteiger partial charge is 0.138 e. The third-order valence-electron chi connectivity index (χ3n) is 3.07. The Hall–Kier alpha value is -1.59. The minimum Gasteiger partial charge on any atom is -0.399 e. The van der Waals surface area contributed by atoms with Gasteiger partial charge in [0.05, 0.1) is 23.7 Å². The molecule has 19 heavy (non-hydrogen) atoms. The summed E-state index contributed by atoms with van der Waals surface area (Å²) in [5.74, 6) is 0.646. The highest BCUT2D eigenvalue weighted by atomic mass is 16.5. The number of aliphatic hydroxyl groups is 1. The van der Waals surface area contributed by atoms with Crippen LogP contribution in [-0.4, -0.2) is 27.4 Å². The van der Waals surface area contributed by atoms with Crippen molar-refractivity contribution in [1.82, 2.24) is 9.55 Å². The van der Waals surface area contributed by atoms with Crippen LogP contribution in [0.5, 0.6) is 0 Å². The monoisotopic (exact) mass is 263 g/mol. The molecule has 0 amide bonds. The average Bonchev–Trinajstić information content (AvgIpc) is 2.67.